The lowest BCUT2D eigenvalue weighted by molar-refractivity contribution is 0.197. The molecule has 0 N–H and O–H groups in total. The van der Waals surface area contributed by atoms with E-state index in [1.807, 2.05) is 0 Å². The molecule has 0 amide bonds. The molecule has 1 aromatic carbocycles. The summed E-state index contributed by atoms with van der Waals surface area (Å²) >= 11 is 0. The maximum absolute atomic E-state index is 12.6. The van der Waals surface area contributed by atoms with Crippen molar-refractivity contribution in [3.8, 4) is 0 Å². The van der Waals surface area contributed by atoms with Gasteiger partial charge in [-0.3, -0.25) is 4.39 Å². The van der Waals surface area contributed by atoms with Crippen LogP contribution >= 0.6 is 0 Å². The molecule has 2 unspecified atom stereocenters. The Morgan fingerprint density at radius 1 is 1.00 bits per heavy atom. The van der Waals surface area contributed by atoms with E-state index >= 15 is 0 Å². The van der Waals surface area contributed by atoms with Gasteiger partial charge in [-0.1, -0.05) is 51.3 Å². The smallest absolute Gasteiger partial charge is 0.0894 e. The Morgan fingerprint density at radius 3 is 2.52 bits per heavy atom. The van der Waals surface area contributed by atoms with Crippen LogP contribution in [0.4, 0.5) is 4.39 Å². The van der Waals surface area contributed by atoms with Gasteiger partial charge in [0.1, 0.15) is 0 Å². The molecule has 2 aliphatic carbocycles. The van der Waals surface area contributed by atoms with Crippen LogP contribution in [0.2, 0.25) is 0 Å². The van der Waals surface area contributed by atoms with Gasteiger partial charge in [-0.05, 0) is 91.7 Å². The summed E-state index contributed by atoms with van der Waals surface area (Å²) < 4.78 is 12.6. The largest absolute Gasteiger partial charge is 0.251 e. The Kier molecular flexibility index (Phi) is 6.96. The van der Waals surface area contributed by atoms with Crippen molar-refractivity contribution in [2.24, 2.45) is 17.8 Å². The lowest BCUT2D eigenvalue weighted by atomic mass is 9.70. The first kappa shape index (κ1) is 18.9. The summed E-state index contributed by atoms with van der Waals surface area (Å²) in [6, 6.07) is 7.26. The van der Waals surface area contributed by atoms with E-state index in [1.54, 1.807) is 11.1 Å². The molecule has 1 saturated carbocycles. The summed E-state index contributed by atoms with van der Waals surface area (Å²) in [5.41, 5.74) is 4.68. The molecular formula is C24H37F. The van der Waals surface area contributed by atoms with Gasteiger partial charge in [0.25, 0.3) is 0 Å². The highest BCUT2D eigenvalue weighted by molar-refractivity contribution is 5.36. The topological polar surface area (TPSA) is 0 Å². The van der Waals surface area contributed by atoms with Crippen molar-refractivity contribution in [3.63, 3.8) is 0 Å². The predicted molar refractivity (Wildman–Crippen MR) is 106 cm³/mol. The molecule has 0 bridgehead atoms. The molecule has 140 valence electrons. The average Bonchev–Trinajstić information content (AvgIpc) is 2.65. The number of benzene rings is 1. The monoisotopic (exact) mass is 344 g/mol. The van der Waals surface area contributed by atoms with Crippen LogP contribution in [0.3, 0.4) is 0 Å². The van der Waals surface area contributed by atoms with Crippen LogP contribution in [0, 0.1) is 17.8 Å². The van der Waals surface area contributed by atoms with Crippen LogP contribution in [-0.2, 0) is 12.8 Å². The second kappa shape index (κ2) is 9.19. The highest BCUT2D eigenvalue weighted by Gasteiger charge is 2.29. The molecule has 0 aromatic heterocycles. The van der Waals surface area contributed by atoms with Crippen LogP contribution in [0.15, 0.2) is 18.2 Å². The third kappa shape index (κ3) is 4.86. The third-order valence-corrected chi connectivity index (χ3v) is 7.02. The third-order valence-electron chi connectivity index (χ3n) is 7.02. The molecule has 0 aliphatic heterocycles. The molecule has 25 heavy (non-hydrogen) atoms. The number of halogens is 1. The summed E-state index contributed by atoms with van der Waals surface area (Å²) in [5.74, 6) is 3.41. The van der Waals surface area contributed by atoms with Gasteiger partial charge in [0, 0.05) is 0 Å². The number of hydrogen-bond donors (Lipinski definition) is 0. The molecule has 0 saturated heterocycles. The molecule has 2 atom stereocenters. The highest BCUT2D eigenvalue weighted by atomic mass is 19.1. The first-order valence-electron chi connectivity index (χ1n) is 10.9. The summed E-state index contributed by atoms with van der Waals surface area (Å²) in [4.78, 5) is 0. The normalized spacial score (nSPS) is 27.7. The Labute approximate surface area is 154 Å². The van der Waals surface area contributed by atoms with Gasteiger partial charge >= 0.3 is 0 Å². The first-order chi connectivity index (χ1) is 12.2. The van der Waals surface area contributed by atoms with Crippen molar-refractivity contribution in [2.75, 3.05) is 6.67 Å². The Balaban J connectivity index is 1.66. The highest BCUT2D eigenvalue weighted by Crippen LogP contribution is 2.40. The zero-order valence-electron chi connectivity index (χ0n) is 16.4. The van der Waals surface area contributed by atoms with Crippen LogP contribution in [0.25, 0.3) is 0 Å². The summed E-state index contributed by atoms with van der Waals surface area (Å²) in [6.07, 6.45) is 13.9. The number of alkyl halides is 1. The van der Waals surface area contributed by atoms with Crippen LogP contribution in [0.1, 0.15) is 94.2 Å². The number of aryl methyl sites for hydroxylation is 1. The fourth-order valence-corrected chi connectivity index (χ4v) is 5.37. The van der Waals surface area contributed by atoms with Crippen molar-refractivity contribution >= 4 is 0 Å². The van der Waals surface area contributed by atoms with E-state index in [-0.39, 0.29) is 6.67 Å². The minimum Gasteiger partial charge on any atom is -0.251 e. The van der Waals surface area contributed by atoms with Gasteiger partial charge in [0.05, 0.1) is 6.67 Å². The summed E-state index contributed by atoms with van der Waals surface area (Å²) in [6.45, 7) is 4.49. The second-order valence-corrected chi connectivity index (χ2v) is 8.87. The van der Waals surface area contributed by atoms with E-state index in [0.717, 1.165) is 24.2 Å². The molecular weight excluding hydrogens is 307 g/mol. The average molecular weight is 345 g/mol. The lowest BCUT2D eigenvalue weighted by Crippen LogP contribution is -2.26. The van der Waals surface area contributed by atoms with Gasteiger partial charge in [0.2, 0.25) is 0 Å². The van der Waals surface area contributed by atoms with E-state index in [9.17, 15) is 4.39 Å². The zero-order valence-corrected chi connectivity index (χ0v) is 16.4. The molecule has 1 heteroatoms. The van der Waals surface area contributed by atoms with Gasteiger partial charge < -0.3 is 0 Å². The van der Waals surface area contributed by atoms with Crippen LogP contribution in [0.5, 0.6) is 0 Å². The fraction of sp³-hybridized carbons (Fsp3) is 0.750. The number of fused-ring (bicyclic) bond motifs is 1. The standard InChI is InChI=1S/C24H37F/c1-3-5-19(6-4-15-25)21-11-13-24-17-22(12-14-23(24)16-21)20-9-7-18(2)8-10-20/h11,13,16,18-20,22H,3-10,12,14-15,17H2,1-2H3. The molecule has 2 aliphatic rings. The molecule has 1 aromatic rings. The van der Waals surface area contributed by atoms with E-state index < -0.39 is 0 Å². The second-order valence-electron chi connectivity index (χ2n) is 8.87. The summed E-state index contributed by atoms with van der Waals surface area (Å²) in [7, 11) is 0. The van der Waals surface area contributed by atoms with Crippen LogP contribution in [-0.4, -0.2) is 6.67 Å². The van der Waals surface area contributed by atoms with Crippen molar-refractivity contribution in [3.05, 3.63) is 34.9 Å². The van der Waals surface area contributed by atoms with Gasteiger partial charge in [-0.25, -0.2) is 0 Å². The van der Waals surface area contributed by atoms with Crippen LogP contribution < -0.4 is 0 Å². The minimum absolute atomic E-state index is 0.174. The molecule has 1 fully saturated rings. The van der Waals surface area contributed by atoms with E-state index in [0.29, 0.717) is 12.3 Å². The van der Waals surface area contributed by atoms with Gasteiger partial charge in [-0.2, -0.15) is 0 Å². The molecule has 0 radical (unpaired) electrons. The molecule has 0 heterocycles. The van der Waals surface area contributed by atoms with Crippen molar-refractivity contribution in [2.45, 2.75) is 90.4 Å². The van der Waals surface area contributed by atoms with Gasteiger partial charge in [0.15, 0.2) is 0 Å². The molecule has 0 spiro atoms. The molecule has 0 nitrogen and oxygen atoms in total. The minimum atomic E-state index is -0.174. The SMILES string of the molecule is CCCC(CCCF)c1ccc2c(c1)CCC(C1CCC(C)CC1)C2. The Morgan fingerprint density at radius 2 is 1.80 bits per heavy atom. The van der Waals surface area contributed by atoms with Crippen molar-refractivity contribution in [1.29, 1.82) is 0 Å². The maximum atomic E-state index is 12.6. The first-order valence-corrected chi connectivity index (χ1v) is 10.9. The van der Waals surface area contributed by atoms with Crippen molar-refractivity contribution in [1.82, 2.24) is 0 Å². The number of hydrogen-bond acceptors (Lipinski definition) is 0. The summed E-state index contributed by atoms with van der Waals surface area (Å²) in [5, 5.41) is 0. The lowest BCUT2D eigenvalue weighted by Gasteiger charge is -2.36. The van der Waals surface area contributed by atoms with E-state index in [4.69, 9.17) is 0 Å². The predicted octanol–water partition coefficient (Wildman–Crippen LogP) is 7.25. The van der Waals surface area contributed by atoms with E-state index in [2.05, 4.69) is 32.0 Å². The Bertz CT molecular complexity index is 527. The van der Waals surface area contributed by atoms with E-state index in [1.165, 1.54) is 63.4 Å². The molecule has 3 rings (SSSR count). The Hall–Kier alpha value is -0.850. The van der Waals surface area contributed by atoms with Crippen molar-refractivity contribution < 1.29 is 4.39 Å². The maximum Gasteiger partial charge on any atom is 0.0894 e. The number of rotatable bonds is 7. The quantitative estimate of drug-likeness (QED) is 0.488. The fourth-order valence-electron chi connectivity index (χ4n) is 5.37. The zero-order chi connectivity index (χ0) is 17.6. The van der Waals surface area contributed by atoms with Gasteiger partial charge in [-0.15, -0.1) is 0 Å².